The number of amidine groups is 1. The number of hydrogen-bond donors (Lipinski definition) is 2. The Balaban J connectivity index is 2.13. The zero-order valence-electron chi connectivity index (χ0n) is 9.47. The molecule has 3 heteroatoms. The molecule has 1 saturated heterocycles. The summed E-state index contributed by atoms with van der Waals surface area (Å²) in [6, 6.07) is 0. The molecule has 0 unspecified atom stereocenters. The van der Waals surface area contributed by atoms with Gasteiger partial charge in [-0.25, -0.2) is 0 Å². The van der Waals surface area contributed by atoms with E-state index in [0.29, 0.717) is 11.3 Å². The summed E-state index contributed by atoms with van der Waals surface area (Å²) in [5.74, 6) is 0.322. The Labute approximate surface area is 87.2 Å². The third-order valence-corrected chi connectivity index (χ3v) is 3.13. The smallest absolute Gasteiger partial charge is 0.0905 e. The first-order valence-corrected chi connectivity index (χ1v) is 5.55. The van der Waals surface area contributed by atoms with E-state index in [1.165, 1.54) is 25.9 Å². The second-order valence-corrected chi connectivity index (χ2v) is 5.13. The highest BCUT2D eigenvalue weighted by Crippen LogP contribution is 2.29. The van der Waals surface area contributed by atoms with E-state index in [9.17, 15) is 0 Å². The fourth-order valence-electron chi connectivity index (χ4n) is 1.88. The highest BCUT2D eigenvalue weighted by Gasteiger charge is 2.24. The van der Waals surface area contributed by atoms with Crippen LogP contribution in [0.3, 0.4) is 0 Å². The first kappa shape index (κ1) is 11.5. The third-order valence-electron chi connectivity index (χ3n) is 3.13. The largest absolute Gasteiger partial charge is 0.388 e. The first-order valence-electron chi connectivity index (χ1n) is 5.55. The van der Waals surface area contributed by atoms with Crippen LogP contribution >= 0.6 is 0 Å². The van der Waals surface area contributed by atoms with Gasteiger partial charge < -0.3 is 10.6 Å². The number of rotatable bonds is 4. The van der Waals surface area contributed by atoms with Gasteiger partial charge in [0.05, 0.1) is 5.84 Å². The van der Waals surface area contributed by atoms with Crippen LogP contribution in [0.5, 0.6) is 0 Å². The Bertz CT molecular complexity index is 189. The van der Waals surface area contributed by atoms with Crippen LogP contribution in [0.4, 0.5) is 0 Å². The predicted octanol–water partition coefficient (Wildman–Crippen LogP) is 1.82. The Kier molecular flexibility index (Phi) is 3.93. The summed E-state index contributed by atoms with van der Waals surface area (Å²) < 4.78 is 0. The van der Waals surface area contributed by atoms with E-state index >= 15 is 0 Å². The monoisotopic (exact) mass is 197 g/mol. The zero-order valence-corrected chi connectivity index (χ0v) is 9.47. The molecule has 14 heavy (non-hydrogen) atoms. The zero-order chi connectivity index (χ0) is 10.6. The van der Waals surface area contributed by atoms with Gasteiger partial charge in [-0.05, 0) is 44.3 Å². The lowest BCUT2D eigenvalue weighted by Gasteiger charge is -2.36. The van der Waals surface area contributed by atoms with Crippen LogP contribution in [0.15, 0.2) is 0 Å². The van der Waals surface area contributed by atoms with Crippen LogP contribution in [0, 0.1) is 10.8 Å². The van der Waals surface area contributed by atoms with Crippen molar-refractivity contribution in [1.29, 1.82) is 5.41 Å². The highest BCUT2D eigenvalue weighted by atomic mass is 15.1. The van der Waals surface area contributed by atoms with Crippen LogP contribution in [0.1, 0.15) is 39.5 Å². The molecular weight excluding hydrogens is 174 g/mol. The Morgan fingerprint density at radius 3 is 2.43 bits per heavy atom. The van der Waals surface area contributed by atoms with Gasteiger partial charge in [0.1, 0.15) is 0 Å². The molecule has 0 amide bonds. The Hall–Kier alpha value is -0.570. The van der Waals surface area contributed by atoms with Gasteiger partial charge in [-0.1, -0.05) is 13.8 Å². The highest BCUT2D eigenvalue weighted by molar-refractivity contribution is 5.76. The van der Waals surface area contributed by atoms with Crippen LogP contribution < -0.4 is 5.73 Å². The van der Waals surface area contributed by atoms with Crippen molar-refractivity contribution < 1.29 is 0 Å². The lowest BCUT2D eigenvalue weighted by atomic mass is 9.82. The molecule has 1 rings (SSSR count). The van der Waals surface area contributed by atoms with Gasteiger partial charge in [0, 0.05) is 6.42 Å². The van der Waals surface area contributed by atoms with Gasteiger partial charge in [-0.2, -0.15) is 0 Å². The van der Waals surface area contributed by atoms with Gasteiger partial charge in [0.25, 0.3) is 0 Å². The van der Waals surface area contributed by atoms with Crippen molar-refractivity contribution in [2.75, 3.05) is 19.6 Å². The van der Waals surface area contributed by atoms with Gasteiger partial charge in [0.15, 0.2) is 0 Å². The summed E-state index contributed by atoms with van der Waals surface area (Å²) in [5.41, 5.74) is 5.85. The number of piperidine rings is 1. The first-order chi connectivity index (χ1) is 6.49. The van der Waals surface area contributed by atoms with E-state index in [-0.39, 0.29) is 0 Å². The molecule has 1 fully saturated rings. The molecule has 0 atom stereocenters. The second-order valence-electron chi connectivity index (χ2n) is 5.13. The summed E-state index contributed by atoms with van der Waals surface area (Å²) in [7, 11) is 0. The number of likely N-dealkylation sites (tertiary alicyclic amines) is 1. The van der Waals surface area contributed by atoms with Gasteiger partial charge >= 0.3 is 0 Å². The van der Waals surface area contributed by atoms with Crippen molar-refractivity contribution in [2.45, 2.75) is 39.5 Å². The molecule has 1 aliphatic heterocycles. The normalized spacial score (nSPS) is 22.1. The quantitative estimate of drug-likeness (QED) is 0.533. The van der Waals surface area contributed by atoms with Gasteiger partial charge in [0.2, 0.25) is 0 Å². The van der Waals surface area contributed by atoms with Crippen molar-refractivity contribution in [1.82, 2.24) is 4.90 Å². The maximum absolute atomic E-state index is 7.13. The van der Waals surface area contributed by atoms with Crippen LogP contribution in [0.25, 0.3) is 0 Å². The molecule has 82 valence electrons. The molecule has 0 aromatic carbocycles. The Morgan fingerprint density at radius 1 is 1.36 bits per heavy atom. The average Bonchev–Trinajstić information content (AvgIpc) is 2.07. The van der Waals surface area contributed by atoms with Crippen molar-refractivity contribution >= 4 is 5.84 Å². The molecule has 0 radical (unpaired) electrons. The lowest BCUT2D eigenvalue weighted by molar-refractivity contribution is 0.132. The van der Waals surface area contributed by atoms with Crippen LogP contribution in [-0.4, -0.2) is 30.4 Å². The van der Waals surface area contributed by atoms with Crippen molar-refractivity contribution in [3.8, 4) is 0 Å². The molecule has 0 saturated carbocycles. The molecule has 1 heterocycles. The molecule has 1 aliphatic rings. The van der Waals surface area contributed by atoms with E-state index in [0.717, 1.165) is 19.4 Å². The van der Waals surface area contributed by atoms with Crippen molar-refractivity contribution in [2.24, 2.45) is 11.1 Å². The van der Waals surface area contributed by atoms with Gasteiger partial charge in [-0.3, -0.25) is 5.41 Å². The van der Waals surface area contributed by atoms with Gasteiger partial charge in [-0.15, -0.1) is 0 Å². The summed E-state index contributed by atoms with van der Waals surface area (Å²) in [5, 5.41) is 7.13. The summed E-state index contributed by atoms with van der Waals surface area (Å²) in [6.07, 6.45) is 4.38. The molecule has 3 nitrogen and oxygen atoms in total. The fraction of sp³-hybridized carbons (Fsp3) is 0.909. The third kappa shape index (κ3) is 4.09. The number of nitrogens with one attached hydrogen (secondary N) is 1. The molecule has 0 aromatic heterocycles. The number of nitrogens with two attached hydrogens (primary N) is 1. The summed E-state index contributed by atoms with van der Waals surface area (Å²) in [6.45, 7) is 8.23. The number of nitrogens with zero attached hydrogens (tertiary/aromatic N) is 1. The molecule has 0 aromatic rings. The van der Waals surface area contributed by atoms with E-state index in [2.05, 4.69) is 18.7 Å². The summed E-state index contributed by atoms with van der Waals surface area (Å²) >= 11 is 0. The van der Waals surface area contributed by atoms with E-state index in [1.807, 2.05) is 0 Å². The van der Waals surface area contributed by atoms with Crippen LogP contribution in [0.2, 0.25) is 0 Å². The standard InChI is InChI=1S/C11H23N3/c1-11(2)5-8-14(9-6-11)7-3-4-10(12)13/h3-9H2,1-2H3,(H3,12,13). The Morgan fingerprint density at radius 2 is 1.93 bits per heavy atom. The lowest BCUT2D eigenvalue weighted by Crippen LogP contribution is -2.38. The maximum Gasteiger partial charge on any atom is 0.0905 e. The molecular formula is C11H23N3. The fourth-order valence-corrected chi connectivity index (χ4v) is 1.88. The van der Waals surface area contributed by atoms with Crippen LogP contribution in [-0.2, 0) is 0 Å². The molecule has 3 N–H and O–H groups in total. The van der Waals surface area contributed by atoms with E-state index in [1.54, 1.807) is 0 Å². The SMILES string of the molecule is CC1(C)CCN(CCCC(=N)N)CC1. The minimum absolute atomic E-state index is 0.322. The summed E-state index contributed by atoms with van der Waals surface area (Å²) in [4.78, 5) is 2.49. The number of hydrogen-bond acceptors (Lipinski definition) is 2. The predicted molar refractivity (Wildman–Crippen MR) is 60.6 cm³/mol. The minimum Gasteiger partial charge on any atom is -0.388 e. The topological polar surface area (TPSA) is 53.1 Å². The average molecular weight is 197 g/mol. The maximum atomic E-state index is 7.13. The second kappa shape index (κ2) is 4.78. The van der Waals surface area contributed by atoms with Crippen molar-refractivity contribution in [3.05, 3.63) is 0 Å². The van der Waals surface area contributed by atoms with Crippen molar-refractivity contribution in [3.63, 3.8) is 0 Å². The van der Waals surface area contributed by atoms with E-state index in [4.69, 9.17) is 11.1 Å². The molecule has 0 bridgehead atoms. The molecule has 0 aliphatic carbocycles. The minimum atomic E-state index is 0.322. The van der Waals surface area contributed by atoms with E-state index < -0.39 is 0 Å². The molecule has 0 spiro atoms.